The molecular weight excluding hydrogens is 333 g/mol. The Labute approximate surface area is 102 Å². The second-order valence-corrected chi connectivity index (χ2v) is 4.67. The van der Waals surface area contributed by atoms with Gasteiger partial charge in [0.2, 0.25) is 5.28 Å². The molecule has 1 heterocycles. The summed E-state index contributed by atoms with van der Waals surface area (Å²) in [6, 6.07) is 5.78. The molecule has 0 atom stereocenters. The van der Waals surface area contributed by atoms with Gasteiger partial charge in [-0.3, -0.25) is 4.57 Å². The summed E-state index contributed by atoms with van der Waals surface area (Å²) in [5.74, 6) is 0. The molecule has 6 heteroatoms. The van der Waals surface area contributed by atoms with Gasteiger partial charge in [0.15, 0.2) is 0 Å². The van der Waals surface area contributed by atoms with Crippen LogP contribution in [0.2, 0.25) is 5.28 Å². The standard InChI is InChI=1S/C8H4Br2ClN3/c9-5-1-2-7(6(10)3-5)14-4-12-13-8(14)11/h1-4H. The van der Waals surface area contributed by atoms with E-state index in [9.17, 15) is 0 Å². The van der Waals surface area contributed by atoms with Gasteiger partial charge in [0.05, 0.1) is 5.69 Å². The zero-order chi connectivity index (χ0) is 10.1. The number of halogens is 3. The summed E-state index contributed by atoms with van der Waals surface area (Å²) in [4.78, 5) is 0. The molecule has 2 aromatic rings. The lowest BCUT2D eigenvalue weighted by atomic mass is 10.3. The molecule has 0 aliphatic carbocycles. The van der Waals surface area contributed by atoms with Crippen LogP contribution in [0.15, 0.2) is 33.5 Å². The highest BCUT2D eigenvalue weighted by Crippen LogP contribution is 2.26. The lowest BCUT2D eigenvalue weighted by Crippen LogP contribution is -1.93. The molecule has 0 aliphatic rings. The maximum Gasteiger partial charge on any atom is 0.229 e. The molecule has 72 valence electrons. The molecule has 0 unspecified atom stereocenters. The van der Waals surface area contributed by atoms with Gasteiger partial charge in [0, 0.05) is 8.95 Å². The first-order valence-electron chi connectivity index (χ1n) is 3.69. The first kappa shape index (κ1) is 10.1. The molecule has 1 aromatic carbocycles. The van der Waals surface area contributed by atoms with E-state index in [1.807, 2.05) is 18.2 Å². The zero-order valence-electron chi connectivity index (χ0n) is 6.78. The van der Waals surface area contributed by atoms with Crippen LogP contribution in [0, 0.1) is 0 Å². The molecule has 0 saturated carbocycles. The van der Waals surface area contributed by atoms with Crippen molar-refractivity contribution in [2.24, 2.45) is 0 Å². The summed E-state index contributed by atoms with van der Waals surface area (Å²) in [5, 5.41) is 7.75. The first-order valence-corrected chi connectivity index (χ1v) is 5.66. The van der Waals surface area contributed by atoms with E-state index in [4.69, 9.17) is 11.6 Å². The SMILES string of the molecule is Clc1nncn1-c1ccc(Br)cc1Br. The minimum absolute atomic E-state index is 0.341. The Bertz CT molecular complexity index is 469. The van der Waals surface area contributed by atoms with Gasteiger partial charge >= 0.3 is 0 Å². The summed E-state index contributed by atoms with van der Waals surface area (Å²) in [6.07, 6.45) is 1.57. The van der Waals surface area contributed by atoms with Crippen molar-refractivity contribution >= 4 is 43.5 Å². The second kappa shape index (κ2) is 4.00. The van der Waals surface area contributed by atoms with Gasteiger partial charge in [-0.25, -0.2) is 0 Å². The van der Waals surface area contributed by atoms with Crippen molar-refractivity contribution in [1.29, 1.82) is 0 Å². The van der Waals surface area contributed by atoms with Crippen molar-refractivity contribution in [3.63, 3.8) is 0 Å². The minimum atomic E-state index is 0.341. The predicted molar refractivity (Wildman–Crippen MR) is 61.8 cm³/mol. The van der Waals surface area contributed by atoms with Crippen molar-refractivity contribution in [2.75, 3.05) is 0 Å². The predicted octanol–water partition coefficient (Wildman–Crippen LogP) is 3.45. The number of benzene rings is 1. The average Bonchev–Trinajstić information content (AvgIpc) is 2.52. The average molecular weight is 337 g/mol. The van der Waals surface area contributed by atoms with Gasteiger partial charge < -0.3 is 0 Å². The van der Waals surface area contributed by atoms with Crippen LogP contribution in [0.5, 0.6) is 0 Å². The largest absolute Gasteiger partial charge is 0.271 e. The minimum Gasteiger partial charge on any atom is -0.271 e. The van der Waals surface area contributed by atoms with E-state index in [-0.39, 0.29) is 0 Å². The highest BCUT2D eigenvalue weighted by atomic mass is 79.9. The third-order valence-corrected chi connectivity index (χ3v) is 3.06. The van der Waals surface area contributed by atoms with E-state index in [1.165, 1.54) is 0 Å². The fraction of sp³-hybridized carbons (Fsp3) is 0. The van der Waals surface area contributed by atoms with Crippen LogP contribution in [-0.2, 0) is 0 Å². The summed E-state index contributed by atoms with van der Waals surface area (Å²) in [5.41, 5.74) is 0.906. The van der Waals surface area contributed by atoms with Crippen LogP contribution in [0.3, 0.4) is 0 Å². The molecule has 0 spiro atoms. The van der Waals surface area contributed by atoms with Crippen molar-refractivity contribution in [2.45, 2.75) is 0 Å². The number of aromatic nitrogens is 3. The first-order chi connectivity index (χ1) is 6.68. The lowest BCUT2D eigenvalue weighted by molar-refractivity contribution is 1.05. The van der Waals surface area contributed by atoms with E-state index in [0.717, 1.165) is 14.6 Å². The Morgan fingerprint density at radius 3 is 2.64 bits per heavy atom. The lowest BCUT2D eigenvalue weighted by Gasteiger charge is -2.05. The Morgan fingerprint density at radius 2 is 2.07 bits per heavy atom. The molecule has 14 heavy (non-hydrogen) atoms. The van der Waals surface area contributed by atoms with Crippen molar-refractivity contribution in [3.8, 4) is 5.69 Å². The summed E-state index contributed by atoms with van der Waals surface area (Å²) < 4.78 is 3.61. The van der Waals surface area contributed by atoms with E-state index >= 15 is 0 Å². The maximum atomic E-state index is 5.84. The fourth-order valence-electron chi connectivity index (χ4n) is 1.06. The van der Waals surface area contributed by atoms with Crippen LogP contribution in [0.25, 0.3) is 5.69 Å². The van der Waals surface area contributed by atoms with E-state index < -0.39 is 0 Å². The van der Waals surface area contributed by atoms with Crippen LogP contribution >= 0.6 is 43.5 Å². The molecule has 0 fully saturated rings. The quantitative estimate of drug-likeness (QED) is 0.798. The Hall–Kier alpha value is -0.390. The number of rotatable bonds is 1. The van der Waals surface area contributed by atoms with Gasteiger partial charge in [-0.2, -0.15) is 0 Å². The van der Waals surface area contributed by atoms with Gasteiger partial charge in [-0.1, -0.05) is 15.9 Å². The van der Waals surface area contributed by atoms with Gasteiger partial charge in [0.1, 0.15) is 6.33 Å². The molecular formula is C8H4Br2ClN3. The molecule has 0 bridgehead atoms. The summed E-state index contributed by atoms with van der Waals surface area (Å²) in [6.45, 7) is 0. The van der Waals surface area contributed by atoms with Gasteiger partial charge in [-0.15, -0.1) is 10.2 Å². The summed E-state index contributed by atoms with van der Waals surface area (Å²) >= 11 is 12.7. The highest BCUT2D eigenvalue weighted by molar-refractivity contribution is 9.11. The van der Waals surface area contributed by atoms with E-state index in [0.29, 0.717) is 5.28 Å². The molecule has 0 aliphatic heterocycles. The number of hydrogen-bond acceptors (Lipinski definition) is 2. The number of hydrogen-bond donors (Lipinski definition) is 0. The van der Waals surface area contributed by atoms with E-state index in [1.54, 1.807) is 10.9 Å². The fourth-order valence-corrected chi connectivity index (χ4v) is 2.48. The van der Waals surface area contributed by atoms with Crippen LogP contribution in [0.4, 0.5) is 0 Å². The topological polar surface area (TPSA) is 30.7 Å². The third-order valence-electron chi connectivity index (χ3n) is 1.68. The molecule has 2 rings (SSSR count). The second-order valence-electron chi connectivity index (χ2n) is 2.57. The number of nitrogens with zero attached hydrogens (tertiary/aromatic N) is 3. The Kier molecular flexibility index (Phi) is 2.90. The Morgan fingerprint density at radius 1 is 1.29 bits per heavy atom. The molecule has 0 radical (unpaired) electrons. The van der Waals surface area contributed by atoms with Crippen LogP contribution < -0.4 is 0 Å². The highest BCUT2D eigenvalue weighted by Gasteiger charge is 2.06. The molecule has 0 saturated heterocycles. The van der Waals surface area contributed by atoms with Gasteiger partial charge in [0.25, 0.3) is 0 Å². The van der Waals surface area contributed by atoms with Crippen LogP contribution in [-0.4, -0.2) is 14.8 Å². The van der Waals surface area contributed by atoms with Crippen molar-refractivity contribution in [1.82, 2.24) is 14.8 Å². The van der Waals surface area contributed by atoms with Crippen molar-refractivity contribution < 1.29 is 0 Å². The smallest absolute Gasteiger partial charge is 0.229 e. The monoisotopic (exact) mass is 335 g/mol. The molecule has 3 nitrogen and oxygen atoms in total. The molecule has 0 N–H and O–H groups in total. The third kappa shape index (κ3) is 1.85. The Balaban J connectivity index is 2.58. The zero-order valence-corrected chi connectivity index (χ0v) is 10.7. The van der Waals surface area contributed by atoms with E-state index in [2.05, 4.69) is 42.1 Å². The molecule has 0 amide bonds. The molecule has 1 aromatic heterocycles. The van der Waals surface area contributed by atoms with Gasteiger partial charge in [-0.05, 0) is 45.7 Å². The van der Waals surface area contributed by atoms with Crippen LogP contribution in [0.1, 0.15) is 0 Å². The normalized spacial score (nSPS) is 10.5. The summed E-state index contributed by atoms with van der Waals surface area (Å²) in [7, 11) is 0. The van der Waals surface area contributed by atoms with Crippen molar-refractivity contribution in [3.05, 3.63) is 38.8 Å². The maximum absolute atomic E-state index is 5.84.